The molecule has 31 heavy (non-hydrogen) atoms. The standard InChI is InChI=1S/C21H35N5O5/c1-15(27)25-7-8-26(21(30)24-9-11-31-12-10-24)18(14-25)20(29)23-17(19(22)28)13-16-5-3-2-4-6-16/h16-18H,2-14H2,1H3,(H2,22,28)(H,23,29). The predicted molar refractivity (Wildman–Crippen MR) is 113 cm³/mol. The Morgan fingerprint density at radius 2 is 1.68 bits per heavy atom. The maximum atomic E-state index is 13.2. The number of carbonyl (C=O) groups excluding carboxylic acids is 4. The highest BCUT2D eigenvalue weighted by molar-refractivity contribution is 5.92. The fourth-order valence-corrected chi connectivity index (χ4v) is 4.73. The van der Waals surface area contributed by atoms with Gasteiger partial charge in [0.1, 0.15) is 12.1 Å². The number of amides is 5. The van der Waals surface area contributed by atoms with Crippen molar-refractivity contribution in [3.8, 4) is 0 Å². The van der Waals surface area contributed by atoms with Crippen LogP contribution in [0.3, 0.4) is 0 Å². The van der Waals surface area contributed by atoms with E-state index < -0.39 is 23.9 Å². The monoisotopic (exact) mass is 437 g/mol. The molecule has 0 aromatic heterocycles. The van der Waals surface area contributed by atoms with Crippen LogP contribution in [0.25, 0.3) is 0 Å². The summed E-state index contributed by atoms with van der Waals surface area (Å²) in [4.78, 5) is 55.1. The van der Waals surface area contributed by atoms with Crippen LogP contribution in [0.1, 0.15) is 45.4 Å². The lowest BCUT2D eigenvalue weighted by molar-refractivity contribution is -0.137. The number of rotatable bonds is 5. The largest absolute Gasteiger partial charge is 0.378 e. The molecule has 2 aliphatic heterocycles. The molecule has 0 bridgehead atoms. The highest BCUT2D eigenvalue weighted by Gasteiger charge is 2.39. The number of nitrogens with two attached hydrogens (primary N) is 1. The first-order valence-electron chi connectivity index (χ1n) is 11.3. The zero-order valence-electron chi connectivity index (χ0n) is 18.4. The number of piperazine rings is 1. The van der Waals surface area contributed by atoms with Crippen molar-refractivity contribution in [1.29, 1.82) is 0 Å². The Morgan fingerprint density at radius 1 is 1.00 bits per heavy atom. The average molecular weight is 438 g/mol. The molecule has 0 radical (unpaired) electrons. The number of nitrogens with one attached hydrogen (secondary N) is 1. The molecule has 5 amide bonds. The lowest BCUT2D eigenvalue weighted by Gasteiger charge is -2.43. The molecule has 3 aliphatic rings. The van der Waals surface area contributed by atoms with Crippen LogP contribution in [0.15, 0.2) is 0 Å². The second-order valence-corrected chi connectivity index (χ2v) is 8.76. The highest BCUT2D eigenvalue weighted by atomic mass is 16.5. The third kappa shape index (κ3) is 6.09. The molecule has 3 rings (SSSR count). The summed E-state index contributed by atoms with van der Waals surface area (Å²) in [5.74, 6) is -0.793. The maximum Gasteiger partial charge on any atom is 0.320 e. The lowest BCUT2D eigenvalue weighted by atomic mass is 9.84. The van der Waals surface area contributed by atoms with E-state index in [4.69, 9.17) is 10.5 Å². The van der Waals surface area contributed by atoms with E-state index >= 15 is 0 Å². The normalized spacial score (nSPS) is 23.9. The van der Waals surface area contributed by atoms with Crippen LogP contribution < -0.4 is 11.1 Å². The van der Waals surface area contributed by atoms with Crippen molar-refractivity contribution >= 4 is 23.8 Å². The van der Waals surface area contributed by atoms with Crippen LogP contribution in [0.5, 0.6) is 0 Å². The zero-order valence-corrected chi connectivity index (χ0v) is 18.4. The van der Waals surface area contributed by atoms with Gasteiger partial charge in [0.15, 0.2) is 0 Å². The van der Waals surface area contributed by atoms with Crippen molar-refractivity contribution in [2.24, 2.45) is 11.7 Å². The number of morpholine rings is 1. The van der Waals surface area contributed by atoms with Gasteiger partial charge in [-0.05, 0) is 12.3 Å². The van der Waals surface area contributed by atoms with Crippen LogP contribution >= 0.6 is 0 Å². The summed E-state index contributed by atoms with van der Waals surface area (Å²) in [5.41, 5.74) is 5.60. The van der Waals surface area contributed by atoms with E-state index in [0.29, 0.717) is 45.2 Å². The van der Waals surface area contributed by atoms with Gasteiger partial charge < -0.3 is 30.5 Å². The summed E-state index contributed by atoms with van der Waals surface area (Å²) >= 11 is 0. The molecule has 3 fully saturated rings. The minimum atomic E-state index is -0.860. The Balaban J connectivity index is 1.70. The summed E-state index contributed by atoms with van der Waals surface area (Å²) in [5, 5.41) is 2.79. The van der Waals surface area contributed by atoms with Crippen LogP contribution in [0.4, 0.5) is 4.79 Å². The second kappa shape index (κ2) is 10.8. The molecule has 3 N–H and O–H groups in total. The van der Waals surface area contributed by atoms with Gasteiger partial charge >= 0.3 is 6.03 Å². The quantitative estimate of drug-likeness (QED) is 0.622. The fourth-order valence-electron chi connectivity index (χ4n) is 4.73. The first kappa shape index (κ1) is 23.3. The first-order valence-corrected chi connectivity index (χ1v) is 11.3. The van der Waals surface area contributed by atoms with Gasteiger partial charge in [0.25, 0.3) is 0 Å². The molecule has 10 nitrogen and oxygen atoms in total. The van der Waals surface area contributed by atoms with Gasteiger partial charge in [-0.15, -0.1) is 0 Å². The summed E-state index contributed by atoms with van der Waals surface area (Å²) in [6.45, 7) is 4.03. The van der Waals surface area contributed by atoms with Crippen LogP contribution in [-0.2, 0) is 19.1 Å². The Hall–Kier alpha value is -2.36. The van der Waals surface area contributed by atoms with E-state index in [1.807, 2.05) is 0 Å². The average Bonchev–Trinajstić information content (AvgIpc) is 2.78. The number of ether oxygens (including phenoxy) is 1. The molecule has 1 saturated carbocycles. The minimum absolute atomic E-state index is 0.103. The summed E-state index contributed by atoms with van der Waals surface area (Å²) in [6, 6.07) is -1.88. The Kier molecular flexibility index (Phi) is 8.11. The van der Waals surface area contributed by atoms with Gasteiger partial charge in [0.2, 0.25) is 17.7 Å². The van der Waals surface area contributed by atoms with Gasteiger partial charge in [-0.3, -0.25) is 14.4 Å². The van der Waals surface area contributed by atoms with Gasteiger partial charge in [-0.25, -0.2) is 4.79 Å². The Morgan fingerprint density at radius 3 is 2.29 bits per heavy atom. The SMILES string of the molecule is CC(=O)N1CCN(C(=O)N2CCOCC2)C(C(=O)NC(CC2CCCCC2)C(N)=O)C1. The number of nitrogens with zero attached hydrogens (tertiary/aromatic N) is 3. The molecular formula is C21H35N5O5. The van der Waals surface area contributed by atoms with Crippen molar-refractivity contribution in [3.63, 3.8) is 0 Å². The molecule has 1 aliphatic carbocycles. The molecule has 2 unspecified atom stereocenters. The van der Waals surface area contributed by atoms with E-state index in [2.05, 4.69) is 5.32 Å². The van der Waals surface area contributed by atoms with Gasteiger partial charge in [0, 0.05) is 33.1 Å². The summed E-state index contributed by atoms with van der Waals surface area (Å²) in [7, 11) is 0. The highest BCUT2D eigenvalue weighted by Crippen LogP contribution is 2.27. The smallest absolute Gasteiger partial charge is 0.320 e. The zero-order chi connectivity index (χ0) is 22.4. The van der Waals surface area contributed by atoms with Gasteiger partial charge in [-0.2, -0.15) is 0 Å². The molecule has 0 spiro atoms. The molecule has 0 aromatic carbocycles. The van der Waals surface area contributed by atoms with E-state index in [1.165, 1.54) is 18.2 Å². The maximum absolute atomic E-state index is 13.2. The van der Waals surface area contributed by atoms with Gasteiger partial charge in [-0.1, -0.05) is 32.1 Å². The number of primary amides is 1. The third-order valence-electron chi connectivity index (χ3n) is 6.61. The van der Waals surface area contributed by atoms with Crippen molar-refractivity contribution < 1.29 is 23.9 Å². The third-order valence-corrected chi connectivity index (χ3v) is 6.61. The predicted octanol–water partition coefficient (Wildman–Crippen LogP) is -0.0882. The number of hydrogen-bond acceptors (Lipinski definition) is 5. The Bertz CT molecular complexity index is 675. The number of carbonyl (C=O) groups is 4. The molecule has 10 heteroatoms. The van der Waals surface area contributed by atoms with E-state index in [1.54, 1.807) is 9.80 Å². The van der Waals surface area contributed by atoms with Crippen molar-refractivity contribution in [3.05, 3.63) is 0 Å². The molecule has 2 atom stereocenters. The summed E-state index contributed by atoms with van der Waals surface area (Å²) in [6.07, 6.45) is 6.03. The van der Waals surface area contributed by atoms with Gasteiger partial charge in [0.05, 0.1) is 19.8 Å². The Labute approximate surface area is 183 Å². The number of urea groups is 1. The minimum Gasteiger partial charge on any atom is -0.378 e. The van der Waals surface area contributed by atoms with Crippen LogP contribution in [-0.4, -0.2) is 96.5 Å². The first-order chi connectivity index (χ1) is 14.9. The molecule has 2 saturated heterocycles. The fraction of sp³-hybridized carbons (Fsp3) is 0.810. The van der Waals surface area contributed by atoms with Crippen LogP contribution in [0, 0.1) is 5.92 Å². The van der Waals surface area contributed by atoms with E-state index in [9.17, 15) is 19.2 Å². The van der Waals surface area contributed by atoms with Crippen molar-refractivity contribution in [2.75, 3.05) is 45.9 Å². The van der Waals surface area contributed by atoms with Crippen LogP contribution in [0.2, 0.25) is 0 Å². The van der Waals surface area contributed by atoms with E-state index in [-0.39, 0.29) is 25.0 Å². The lowest BCUT2D eigenvalue weighted by Crippen LogP contribution is -2.65. The van der Waals surface area contributed by atoms with Crippen molar-refractivity contribution in [1.82, 2.24) is 20.0 Å². The second-order valence-electron chi connectivity index (χ2n) is 8.76. The number of hydrogen-bond donors (Lipinski definition) is 2. The topological polar surface area (TPSA) is 125 Å². The summed E-state index contributed by atoms with van der Waals surface area (Å²) < 4.78 is 5.32. The van der Waals surface area contributed by atoms with E-state index in [0.717, 1.165) is 25.7 Å². The molecule has 0 aromatic rings. The van der Waals surface area contributed by atoms with Crippen molar-refractivity contribution in [2.45, 2.75) is 57.5 Å². The molecular weight excluding hydrogens is 402 g/mol. The molecule has 2 heterocycles. The molecule has 174 valence electrons.